The molecule has 1 aromatic heterocycles. The van der Waals surface area contributed by atoms with E-state index in [0.717, 1.165) is 16.9 Å². The molecule has 0 aliphatic heterocycles. The van der Waals surface area contributed by atoms with Crippen molar-refractivity contribution in [3.05, 3.63) is 57.0 Å². The van der Waals surface area contributed by atoms with Gasteiger partial charge in [0.15, 0.2) is 0 Å². The smallest absolute Gasteiger partial charge is 0.254 e. The fourth-order valence-electron chi connectivity index (χ4n) is 1.77. The van der Waals surface area contributed by atoms with Crippen molar-refractivity contribution in [1.82, 2.24) is 5.32 Å². The van der Waals surface area contributed by atoms with Crippen LogP contribution >= 0.6 is 11.3 Å². The van der Waals surface area contributed by atoms with Gasteiger partial charge in [0, 0.05) is 9.75 Å². The maximum atomic E-state index is 13.6. The molecule has 4 heteroatoms. The first-order chi connectivity index (χ1) is 9.10. The van der Waals surface area contributed by atoms with Crippen LogP contribution in [0.2, 0.25) is 0 Å². The number of thiophene rings is 1. The van der Waals surface area contributed by atoms with Crippen LogP contribution < -0.4 is 5.32 Å². The van der Waals surface area contributed by atoms with Crippen LogP contribution in [0.25, 0.3) is 0 Å². The molecule has 0 unspecified atom stereocenters. The molecule has 1 N–H and O–H groups in total. The van der Waals surface area contributed by atoms with Gasteiger partial charge in [-0.3, -0.25) is 4.79 Å². The summed E-state index contributed by atoms with van der Waals surface area (Å²) < 4.78 is 13.6. The Morgan fingerprint density at radius 3 is 2.63 bits per heavy atom. The van der Waals surface area contributed by atoms with Crippen molar-refractivity contribution < 1.29 is 9.18 Å². The Morgan fingerprint density at radius 1 is 1.26 bits per heavy atom. The van der Waals surface area contributed by atoms with Gasteiger partial charge in [0.2, 0.25) is 0 Å². The number of hydrogen-bond donors (Lipinski definition) is 1. The van der Waals surface area contributed by atoms with Crippen LogP contribution in [0.5, 0.6) is 0 Å². The number of nitrogens with one attached hydrogen (secondary N) is 1. The molecular formula is C15H16FNOS. The van der Waals surface area contributed by atoms with Crippen LogP contribution in [0.3, 0.4) is 0 Å². The molecule has 1 amide bonds. The van der Waals surface area contributed by atoms with Gasteiger partial charge in [0.25, 0.3) is 5.91 Å². The van der Waals surface area contributed by atoms with Gasteiger partial charge in [-0.1, -0.05) is 13.0 Å². The van der Waals surface area contributed by atoms with Crippen molar-refractivity contribution in [1.29, 1.82) is 0 Å². The van der Waals surface area contributed by atoms with E-state index in [1.165, 1.54) is 17.0 Å². The standard InChI is InChI=1S/C15H16FNOS/c1-3-11-5-6-12(19-11)9-17-15(18)13-7-4-10(2)8-14(13)16/h4-8H,3,9H2,1-2H3,(H,17,18). The lowest BCUT2D eigenvalue weighted by atomic mass is 10.1. The molecular weight excluding hydrogens is 261 g/mol. The van der Waals surface area contributed by atoms with Crippen LogP contribution in [-0.4, -0.2) is 5.91 Å². The second-order valence-corrected chi connectivity index (χ2v) is 5.64. The predicted octanol–water partition coefficient (Wildman–Crippen LogP) is 3.69. The first-order valence-electron chi connectivity index (χ1n) is 6.22. The molecule has 19 heavy (non-hydrogen) atoms. The highest BCUT2D eigenvalue weighted by atomic mass is 32.1. The fourth-order valence-corrected chi connectivity index (χ4v) is 2.67. The highest BCUT2D eigenvalue weighted by Gasteiger charge is 2.11. The van der Waals surface area contributed by atoms with E-state index in [-0.39, 0.29) is 11.5 Å². The van der Waals surface area contributed by atoms with Crippen LogP contribution in [0.15, 0.2) is 30.3 Å². The van der Waals surface area contributed by atoms with Gasteiger partial charge in [-0.25, -0.2) is 4.39 Å². The summed E-state index contributed by atoms with van der Waals surface area (Å²) in [6.45, 7) is 4.33. The van der Waals surface area contributed by atoms with Gasteiger partial charge in [0.1, 0.15) is 5.82 Å². The quantitative estimate of drug-likeness (QED) is 0.907. The molecule has 100 valence electrons. The van der Waals surface area contributed by atoms with Gasteiger partial charge in [-0.05, 0) is 43.2 Å². The second-order valence-electron chi connectivity index (χ2n) is 4.39. The Balaban J connectivity index is 2.01. The number of carbonyl (C=O) groups excluding carboxylic acids is 1. The van der Waals surface area contributed by atoms with E-state index in [0.29, 0.717) is 6.54 Å². The number of carbonyl (C=O) groups is 1. The summed E-state index contributed by atoms with van der Waals surface area (Å²) in [5.74, 6) is -0.845. The Kier molecular flexibility index (Phi) is 4.32. The predicted molar refractivity (Wildman–Crippen MR) is 76.0 cm³/mol. The first kappa shape index (κ1) is 13.7. The summed E-state index contributed by atoms with van der Waals surface area (Å²) in [5.41, 5.74) is 0.901. The summed E-state index contributed by atoms with van der Waals surface area (Å²) in [5, 5.41) is 2.74. The molecule has 0 atom stereocenters. The van der Waals surface area contributed by atoms with E-state index in [4.69, 9.17) is 0 Å². The van der Waals surface area contributed by atoms with Crippen LogP contribution in [0.4, 0.5) is 4.39 Å². The lowest BCUT2D eigenvalue weighted by Gasteiger charge is -2.05. The minimum atomic E-state index is -0.474. The van der Waals surface area contributed by atoms with Crippen molar-refractivity contribution in [2.45, 2.75) is 26.8 Å². The highest BCUT2D eigenvalue weighted by Crippen LogP contribution is 2.17. The minimum absolute atomic E-state index is 0.0953. The molecule has 0 fully saturated rings. The Bertz CT molecular complexity index is 592. The van der Waals surface area contributed by atoms with E-state index in [1.807, 2.05) is 6.07 Å². The van der Waals surface area contributed by atoms with Crippen LogP contribution in [0, 0.1) is 12.7 Å². The van der Waals surface area contributed by atoms with Crippen molar-refractivity contribution in [2.75, 3.05) is 0 Å². The van der Waals surface area contributed by atoms with Crippen LogP contribution in [-0.2, 0) is 13.0 Å². The van der Waals surface area contributed by atoms with E-state index < -0.39 is 5.82 Å². The van der Waals surface area contributed by atoms with Crippen molar-refractivity contribution in [2.24, 2.45) is 0 Å². The molecule has 2 rings (SSSR count). The lowest BCUT2D eigenvalue weighted by molar-refractivity contribution is 0.0947. The molecule has 0 spiro atoms. The largest absolute Gasteiger partial charge is 0.347 e. The highest BCUT2D eigenvalue weighted by molar-refractivity contribution is 7.11. The van der Waals surface area contributed by atoms with Gasteiger partial charge >= 0.3 is 0 Å². The first-order valence-corrected chi connectivity index (χ1v) is 7.03. The SMILES string of the molecule is CCc1ccc(CNC(=O)c2ccc(C)cc2F)s1. The molecule has 2 aromatic rings. The average Bonchev–Trinajstić information content (AvgIpc) is 2.84. The maximum absolute atomic E-state index is 13.6. The van der Waals surface area contributed by atoms with E-state index in [9.17, 15) is 9.18 Å². The third-order valence-corrected chi connectivity index (χ3v) is 4.09. The van der Waals surface area contributed by atoms with Gasteiger partial charge in [-0.2, -0.15) is 0 Å². The van der Waals surface area contributed by atoms with Gasteiger partial charge in [-0.15, -0.1) is 11.3 Å². The monoisotopic (exact) mass is 277 g/mol. The van der Waals surface area contributed by atoms with Gasteiger partial charge in [0.05, 0.1) is 12.1 Å². The number of halogens is 1. The lowest BCUT2D eigenvalue weighted by Crippen LogP contribution is -2.23. The number of hydrogen-bond acceptors (Lipinski definition) is 2. The second kappa shape index (κ2) is 5.97. The van der Waals surface area contributed by atoms with Crippen LogP contribution in [0.1, 0.15) is 32.6 Å². The van der Waals surface area contributed by atoms with E-state index >= 15 is 0 Å². The Labute approximate surface area is 116 Å². The summed E-state index contributed by atoms with van der Waals surface area (Å²) in [4.78, 5) is 14.2. The number of benzene rings is 1. The summed E-state index contributed by atoms with van der Waals surface area (Å²) in [6, 6.07) is 8.67. The molecule has 1 heterocycles. The zero-order chi connectivity index (χ0) is 13.8. The number of aryl methyl sites for hydroxylation is 2. The topological polar surface area (TPSA) is 29.1 Å². The number of amides is 1. The third-order valence-electron chi connectivity index (χ3n) is 2.86. The maximum Gasteiger partial charge on any atom is 0.254 e. The van der Waals surface area contributed by atoms with Crippen molar-refractivity contribution in [3.8, 4) is 0 Å². The average molecular weight is 277 g/mol. The molecule has 0 aliphatic rings. The molecule has 2 nitrogen and oxygen atoms in total. The minimum Gasteiger partial charge on any atom is -0.347 e. The zero-order valence-corrected chi connectivity index (χ0v) is 11.8. The van der Waals surface area contributed by atoms with Crippen molar-refractivity contribution >= 4 is 17.2 Å². The molecule has 0 saturated carbocycles. The summed E-state index contributed by atoms with van der Waals surface area (Å²) >= 11 is 1.67. The van der Waals surface area contributed by atoms with Crippen molar-refractivity contribution in [3.63, 3.8) is 0 Å². The Morgan fingerprint density at radius 2 is 2.00 bits per heavy atom. The molecule has 0 saturated heterocycles. The van der Waals surface area contributed by atoms with E-state index in [1.54, 1.807) is 24.3 Å². The number of rotatable bonds is 4. The molecule has 0 aliphatic carbocycles. The third kappa shape index (κ3) is 3.41. The summed E-state index contributed by atoms with van der Waals surface area (Å²) in [7, 11) is 0. The molecule has 0 radical (unpaired) electrons. The normalized spacial score (nSPS) is 10.5. The summed E-state index contributed by atoms with van der Waals surface area (Å²) in [6.07, 6.45) is 0.991. The molecule has 0 bridgehead atoms. The molecule has 1 aromatic carbocycles. The van der Waals surface area contributed by atoms with Gasteiger partial charge < -0.3 is 5.32 Å². The Hall–Kier alpha value is -1.68. The zero-order valence-electron chi connectivity index (χ0n) is 11.0. The fraction of sp³-hybridized carbons (Fsp3) is 0.267. The van der Waals surface area contributed by atoms with E-state index in [2.05, 4.69) is 18.3 Å².